The molecule has 0 radical (unpaired) electrons. The lowest BCUT2D eigenvalue weighted by molar-refractivity contribution is -0.134. The van der Waals surface area contributed by atoms with Gasteiger partial charge in [-0.2, -0.15) is 0 Å². The molecular weight excluding hydrogens is 206 g/mol. The van der Waals surface area contributed by atoms with Crippen molar-refractivity contribution in [3.63, 3.8) is 0 Å². The van der Waals surface area contributed by atoms with Gasteiger partial charge in [0.15, 0.2) is 0 Å². The van der Waals surface area contributed by atoms with Crippen molar-refractivity contribution in [1.82, 2.24) is 4.90 Å². The smallest absolute Gasteiger partial charge is 0.417 e. The summed E-state index contributed by atoms with van der Waals surface area (Å²) in [6.45, 7) is 5.39. The molecule has 0 aromatic carbocycles. The van der Waals surface area contributed by atoms with E-state index in [0.717, 1.165) is 6.42 Å². The van der Waals surface area contributed by atoms with Gasteiger partial charge in [-0.15, -0.1) is 0 Å². The molecule has 1 aliphatic heterocycles. The van der Waals surface area contributed by atoms with Crippen molar-refractivity contribution >= 4 is 12.0 Å². The molecule has 0 aromatic rings. The van der Waals surface area contributed by atoms with Gasteiger partial charge in [-0.1, -0.05) is 12.2 Å². The first-order valence-electron chi connectivity index (χ1n) is 5.60. The van der Waals surface area contributed by atoms with E-state index in [0.29, 0.717) is 12.3 Å². The van der Waals surface area contributed by atoms with Crippen LogP contribution in [0.1, 0.15) is 33.6 Å². The lowest BCUT2D eigenvalue weighted by atomic mass is 9.98. The summed E-state index contributed by atoms with van der Waals surface area (Å²) in [7, 11) is 0. The molecule has 2 amide bonds. The summed E-state index contributed by atoms with van der Waals surface area (Å²) in [6.07, 6.45) is 4.71. The molecule has 4 heteroatoms. The van der Waals surface area contributed by atoms with Crippen LogP contribution in [-0.2, 0) is 9.53 Å². The van der Waals surface area contributed by atoms with Crippen molar-refractivity contribution in [3.8, 4) is 0 Å². The van der Waals surface area contributed by atoms with E-state index < -0.39 is 11.7 Å². The molecule has 1 fully saturated rings. The molecule has 2 bridgehead atoms. The molecule has 1 aliphatic carbocycles. The van der Waals surface area contributed by atoms with Crippen LogP contribution in [0.4, 0.5) is 4.79 Å². The zero-order chi connectivity index (χ0) is 11.9. The maximum atomic E-state index is 11.9. The molecule has 4 nitrogen and oxygen atoms in total. The van der Waals surface area contributed by atoms with E-state index in [1.54, 1.807) is 20.8 Å². The summed E-state index contributed by atoms with van der Waals surface area (Å²) < 4.78 is 5.23. The maximum Gasteiger partial charge on any atom is 0.417 e. The minimum absolute atomic E-state index is 0.0962. The first-order valence-corrected chi connectivity index (χ1v) is 5.60. The van der Waals surface area contributed by atoms with E-state index in [9.17, 15) is 9.59 Å². The van der Waals surface area contributed by atoms with Crippen LogP contribution < -0.4 is 0 Å². The molecule has 1 saturated heterocycles. The van der Waals surface area contributed by atoms with Crippen molar-refractivity contribution in [2.75, 3.05) is 0 Å². The van der Waals surface area contributed by atoms with Crippen LogP contribution in [0.25, 0.3) is 0 Å². The molecule has 0 spiro atoms. The Balaban J connectivity index is 2.10. The van der Waals surface area contributed by atoms with Crippen LogP contribution in [0.2, 0.25) is 0 Å². The second-order valence-corrected chi connectivity index (χ2v) is 5.40. The number of hydrogen-bond donors (Lipinski definition) is 0. The molecular formula is C12H17NO3. The first kappa shape index (κ1) is 11.2. The average molecular weight is 223 g/mol. The van der Waals surface area contributed by atoms with Gasteiger partial charge in [-0.25, -0.2) is 9.69 Å². The minimum Gasteiger partial charge on any atom is -0.443 e. The fraction of sp³-hybridized carbons (Fsp3) is 0.667. The van der Waals surface area contributed by atoms with Crippen molar-refractivity contribution < 1.29 is 14.3 Å². The highest BCUT2D eigenvalue weighted by Crippen LogP contribution is 2.32. The lowest BCUT2D eigenvalue weighted by Gasteiger charge is -2.33. The zero-order valence-corrected chi connectivity index (χ0v) is 9.90. The molecule has 0 N–H and O–H groups in total. The molecule has 2 unspecified atom stereocenters. The second-order valence-electron chi connectivity index (χ2n) is 5.40. The normalized spacial score (nSPS) is 28.4. The third kappa shape index (κ3) is 2.10. The molecule has 2 rings (SSSR count). The van der Waals surface area contributed by atoms with Gasteiger partial charge >= 0.3 is 6.09 Å². The van der Waals surface area contributed by atoms with Gasteiger partial charge in [0.25, 0.3) is 0 Å². The molecule has 0 aromatic heterocycles. The predicted molar refractivity (Wildman–Crippen MR) is 58.7 cm³/mol. The second kappa shape index (κ2) is 3.61. The number of nitrogens with zero attached hydrogens (tertiary/aromatic N) is 1. The van der Waals surface area contributed by atoms with Gasteiger partial charge in [-0.05, 0) is 33.1 Å². The number of likely N-dealkylation sites (tertiary alicyclic amines) is 1. The quantitative estimate of drug-likeness (QED) is 0.591. The standard InChI is InChI=1S/C12H17NO3/c1-12(2,3)16-11(15)13-9-5-4-8(6-9)7-10(13)14/h4-5,8-9H,6-7H2,1-3H3. The molecule has 1 heterocycles. The van der Waals surface area contributed by atoms with E-state index in [-0.39, 0.29) is 11.9 Å². The fourth-order valence-corrected chi connectivity index (χ4v) is 2.15. The molecule has 0 saturated carbocycles. The van der Waals surface area contributed by atoms with E-state index in [4.69, 9.17) is 4.74 Å². The van der Waals surface area contributed by atoms with Gasteiger partial charge in [0, 0.05) is 6.42 Å². The zero-order valence-electron chi connectivity index (χ0n) is 9.90. The number of hydrogen-bond acceptors (Lipinski definition) is 3. The van der Waals surface area contributed by atoms with Gasteiger partial charge in [0.1, 0.15) is 5.60 Å². The summed E-state index contributed by atoms with van der Waals surface area (Å²) in [4.78, 5) is 24.9. The molecule has 16 heavy (non-hydrogen) atoms. The highest BCUT2D eigenvalue weighted by atomic mass is 16.6. The summed E-state index contributed by atoms with van der Waals surface area (Å²) in [5.41, 5.74) is -0.559. The van der Waals surface area contributed by atoms with Crippen LogP contribution in [0.5, 0.6) is 0 Å². The van der Waals surface area contributed by atoms with Crippen LogP contribution in [0, 0.1) is 5.92 Å². The Morgan fingerprint density at radius 3 is 2.75 bits per heavy atom. The Labute approximate surface area is 95.2 Å². The highest BCUT2D eigenvalue weighted by Gasteiger charge is 2.40. The molecule has 2 atom stereocenters. The summed E-state index contributed by atoms with van der Waals surface area (Å²) in [6, 6.07) is -0.0962. The number of amides is 2. The molecule has 2 aliphatic rings. The van der Waals surface area contributed by atoms with E-state index in [2.05, 4.69) is 0 Å². The number of rotatable bonds is 0. The summed E-state index contributed by atoms with van der Waals surface area (Å²) in [5.74, 6) is 0.191. The van der Waals surface area contributed by atoms with Gasteiger partial charge in [-0.3, -0.25) is 4.79 Å². The first-order chi connectivity index (χ1) is 7.37. The third-order valence-corrected chi connectivity index (χ3v) is 2.78. The van der Waals surface area contributed by atoms with Crippen molar-refractivity contribution in [3.05, 3.63) is 12.2 Å². The van der Waals surface area contributed by atoms with Crippen molar-refractivity contribution in [2.45, 2.75) is 45.3 Å². The van der Waals surface area contributed by atoms with Crippen LogP contribution in [0.15, 0.2) is 12.2 Å². The Morgan fingerprint density at radius 2 is 2.12 bits per heavy atom. The Hall–Kier alpha value is -1.32. The number of carbonyl (C=O) groups excluding carboxylic acids is 2. The summed E-state index contributed by atoms with van der Waals surface area (Å²) in [5, 5.41) is 0. The van der Waals surface area contributed by atoms with E-state index >= 15 is 0 Å². The fourth-order valence-electron chi connectivity index (χ4n) is 2.15. The largest absolute Gasteiger partial charge is 0.443 e. The van der Waals surface area contributed by atoms with E-state index in [1.807, 2.05) is 12.2 Å². The average Bonchev–Trinajstić information content (AvgIpc) is 2.44. The summed E-state index contributed by atoms with van der Waals surface area (Å²) >= 11 is 0. The van der Waals surface area contributed by atoms with Crippen molar-refractivity contribution in [2.24, 2.45) is 5.92 Å². The minimum atomic E-state index is -0.559. The Kier molecular flexibility index (Phi) is 2.52. The Morgan fingerprint density at radius 1 is 1.44 bits per heavy atom. The highest BCUT2D eigenvalue weighted by molar-refractivity contribution is 5.94. The van der Waals surface area contributed by atoms with Crippen LogP contribution in [0.3, 0.4) is 0 Å². The van der Waals surface area contributed by atoms with E-state index in [1.165, 1.54) is 4.90 Å². The monoisotopic (exact) mass is 223 g/mol. The SMILES string of the molecule is CC(C)(C)OC(=O)N1C(=O)CC2C=CC1C2. The van der Waals surface area contributed by atoms with Crippen molar-refractivity contribution in [1.29, 1.82) is 0 Å². The predicted octanol–water partition coefficient (Wildman–Crippen LogP) is 2.10. The number of carbonyl (C=O) groups is 2. The number of allylic oxidation sites excluding steroid dienone is 1. The molecule has 88 valence electrons. The topological polar surface area (TPSA) is 46.6 Å². The number of imide groups is 1. The van der Waals surface area contributed by atoms with Crippen LogP contribution in [-0.4, -0.2) is 28.5 Å². The van der Waals surface area contributed by atoms with Gasteiger partial charge in [0.2, 0.25) is 5.91 Å². The maximum absolute atomic E-state index is 11.9. The number of ether oxygens (including phenoxy) is 1. The number of piperidine rings is 1. The number of fused-ring (bicyclic) bond motifs is 2. The van der Waals surface area contributed by atoms with Gasteiger partial charge in [0.05, 0.1) is 6.04 Å². The Bertz CT molecular complexity index is 354. The van der Waals surface area contributed by atoms with Crippen LogP contribution >= 0.6 is 0 Å². The lowest BCUT2D eigenvalue weighted by Crippen LogP contribution is -2.48. The third-order valence-electron chi connectivity index (χ3n) is 2.78. The van der Waals surface area contributed by atoms with Gasteiger partial charge < -0.3 is 4.74 Å².